The Kier molecular flexibility index (Phi) is 6.29. The molecule has 0 aliphatic rings. The van der Waals surface area contributed by atoms with Crippen LogP contribution < -0.4 is 10.1 Å². The van der Waals surface area contributed by atoms with Crippen molar-refractivity contribution in [1.29, 1.82) is 0 Å². The van der Waals surface area contributed by atoms with E-state index in [2.05, 4.69) is 17.3 Å². The molecular weight excluding hydrogens is 370 g/mol. The molecule has 1 atom stereocenters. The maximum absolute atomic E-state index is 12.6. The number of aryl methyl sites for hydroxylation is 1. The third kappa shape index (κ3) is 4.82. The number of benzene rings is 2. The summed E-state index contributed by atoms with van der Waals surface area (Å²) < 4.78 is 12.1. The number of aromatic nitrogens is 2. The molecule has 1 heterocycles. The van der Waals surface area contributed by atoms with Gasteiger partial charge in [0.1, 0.15) is 0 Å². The van der Waals surface area contributed by atoms with Crippen LogP contribution in [0.4, 0.5) is 5.69 Å². The fourth-order valence-electron chi connectivity index (χ4n) is 2.70. The second-order valence-electron chi connectivity index (χ2n) is 6.41. The SMILES string of the molecule is CCc1ccc(NC(=O)[C@@H](C)OC(=O)c2nn(-c3ccccc3)cc2OC)cc1. The second kappa shape index (κ2) is 9.05. The van der Waals surface area contributed by atoms with Gasteiger partial charge >= 0.3 is 5.97 Å². The maximum Gasteiger partial charge on any atom is 0.363 e. The van der Waals surface area contributed by atoms with E-state index in [1.807, 2.05) is 54.6 Å². The Labute approximate surface area is 169 Å². The molecular formula is C22H23N3O4. The first-order valence-corrected chi connectivity index (χ1v) is 9.31. The second-order valence-corrected chi connectivity index (χ2v) is 6.41. The van der Waals surface area contributed by atoms with E-state index >= 15 is 0 Å². The summed E-state index contributed by atoms with van der Waals surface area (Å²) >= 11 is 0. The zero-order valence-corrected chi connectivity index (χ0v) is 16.6. The number of hydrogen-bond donors (Lipinski definition) is 1. The van der Waals surface area contributed by atoms with E-state index in [-0.39, 0.29) is 11.4 Å². The lowest BCUT2D eigenvalue weighted by atomic mass is 10.1. The zero-order chi connectivity index (χ0) is 20.8. The van der Waals surface area contributed by atoms with Gasteiger partial charge in [0.25, 0.3) is 5.91 Å². The van der Waals surface area contributed by atoms with Crippen LogP contribution in [0.5, 0.6) is 5.75 Å². The molecule has 0 aliphatic heterocycles. The molecule has 0 unspecified atom stereocenters. The van der Waals surface area contributed by atoms with Crippen molar-refractivity contribution in [3.8, 4) is 11.4 Å². The van der Waals surface area contributed by atoms with Gasteiger partial charge in [-0.15, -0.1) is 0 Å². The maximum atomic E-state index is 12.6. The average Bonchev–Trinajstić information content (AvgIpc) is 3.19. The number of methoxy groups -OCH3 is 1. The van der Waals surface area contributed by atoms with Gasteiger partial charge in [0, 0.05) is 5.69 Å². The molecule has 0 fully saturated rings. The first-order valence-electron chi connectivity index (χ1n) is 9.31. The fraction of sp³-hybridized carbons (Fsp3) is 0.227. The molecule has 7 heteroatoms. The number of carbonyl (C=O) groups is 2. The van der Waals surface area contributed by atoms with E-state index in [1.54, 1.807) is 6.20 Å². The van der Waals surface area contributed by atoms with Gasteiger partial charge in [-0.05, 0) is 43.2 Å². The summed E-state index contributed by atoms with van der Waals surface area (Å²) in [6, 6.07) is 16.8. The van der Waals surface area contributed by atoms with E-state index < -0.39 is 18.0 Å². The van der Waals surface area contributed by atoms with Crippen molar-refractivity contribution in [1.82, 2.24) is 9.78 Å². The van der Waals surface area contributed by atoms with Crippen LogP contribution in [0.25, 0.3) is 5.69 Å². The molecule has 0 saturated heterocycles. The Balaban J connectivity index is 1.68. The summed E-state index contributed by atoms with van der Waals surface area (Å²) in [5.41, 5.74) is 2.58. The van der Waals surface area contributed by atoms with Crippen LogP contribution in [0, 0.1) is 0 Å². The van der Waals surface area contributed by atoms with Crippen LogP contribution in [-0.4, -0.2) is 34.9 Å². The highest BCUT2D eigenvalue weighted by molar-refractivity contribution is 5.97. The average molecular weight is 393 g/mol. The Morgan fingerprint density at radius 3 is 2.41 bits per heavy atom. The van der Waals surface area contributed by atoms with Crippen LogP contribution in [0.1, 0.15) is 29.9 Å². The number of amides is 1. The van der Waals surface area contributed by atoms with Gasteiger partial charge < -0.3 is 14.8 Å². The van der Waals surface area contributed by atoms with Crippen LogP contribution in [0.3, 0.4) is 0 Å². The minimum Gasteiger partial charge on any atom is -0.493 e. The molecule has 1 aromatic heterocycles. The molecule has 0 spiro atoms. The third-order valence-corrected chi connectivity index (χ3v) is 4.40. The van der Waals surface area contributed by atoms with Crippen molar-refractivity contribution in [2.45, 2.75) is 26.4 Å². The lowest BCUT2D eigenvalue weighted by molar-refractivity contribution is -0.123. The van der Waals surface area contributed by atoms with E-state index in [4.69, 9.17) is 9.47 Å². The van der Waals surface area contributed by atoms with Crippen molar-refractivity contribution in [3.63, 3.8) is 0 Å². The highest BCUT2D eigenvalue weighted by atomic mass is 16.6. The van der Waals surface area contributed by atoms with Gasteiger partial charge in [0.15, 0.2) is 11.9 Å². The highest BCUT2D eigenvalue weighted by Gasteiger charge is 2.25. The molecule has 150 valence electrons. The van der Waals surface area contributed by atoms with Gasteiger partial charge in [-0.25, -0.2) is 9.48 Å². The zero-order valence-electron chi connectivity index (χ0n) is 16.6. The Morgan fingerprint density at radius 1 is 1.10 bits per heavy atom. The minimum atomic E-state index is -1.00. The summed E-state index contributed by atoms with van der Waals surface area (Å²) in [5, 5.41) is 6.99. The highest BCUT2D eigenvalue weighted by Crippen LogP contribution is 2.21. The lowest BCUT2D eigenvalue weighted by Gasteiger charge is -2.13. The number of para-hydroxylation sites is 1. The number of esters is 1. The molecule has 0 saturated carbocycles. The van der Waals surface area contributed by atoms with E-state index in [0.717, 1.165) is 12.1 Å². The molecule has 2 aromatic carbocycles. The van der Waals surface area contributed by atoms with Gasteiger partial charge in [0.05, 0.1) is 19.0 Å². The number of nitrogens with zero attached hydrogens (tertiary/aromatic N) is 2. The first-order chi connectivity index (χ1) is 14.0. The monoisotopic (exact) mass is 393 g/mol. The van der Waals surface area contributed by atoms with E-state index in [9.17, 15) is 9.59 Å². The molecule has 0 radical (unpaired) electrons. The number of carbonyl (C=O) groups excluding carboxylic acids is 2. The largest absolute Gasteiger partial charge is 0.493 e. The van der Waals surface area contributed by atoms with Crippen molar-refractivity contribution in [3.05, 3.63) is 72.1 Å². The standard InChI is InChI=1S/C22H23N3O4/c1-4-16-10-12-17(13-11-16)23-21(26)15(2)29-22(27)20-19(28-3)14-25(24-20)18-8-6-5-7-9-18/h5-15H,4H2,1-3H3,(H,23,26)/t15-/m1/s1. The summed E-state index contributed by atoms with van der Waals surface area (Å²) in [6.45, 7) is 3.57. The van der Waals surface area contributed by atoms with Gasteiger partial charge in [0.2, 0.25) is 5.69 Å². The third-order valence-electron chi connectivity index (χ3n) is 4.40. The van der Waals surface area contributed by atoms with Crippen LogP contribution in [0.15, 0.2) is 60.8 Å². The van der Waals surface area contributed by atoms with Gasteiger partial charge in [-0.2, -0.15) is 5.10 Å². The molecule has 7 nitrogen and oxygen atoms in total. The summed E-state index contributed by atoms with van der Waals surface area (Å²) in [7, 11) is 1.44. The molecule has 3 rings (SSSR count). The number of hydrogen-bond acceptors (Lipinski definition) is 5. The molecule has 1 amide bonds. The summed E-state index contributed by atoms with van der Waals surface area (Å²) in [6.07, 6.45) is 1.51. The predicted octanol–water partition coefficient (Wildman–Crippen LogP) is 3.63. The van der Waals surface area contributed by atoms with Crippen LogP contribution in [0.2, 0.25) is 0 Å². The van der Waals surface area contributed by atoms with Crippen LogP contribution >= 0.6 is 0 Å². The van der Waals surface area contributed by atoms with Crippen molar-refractivity contribution >= 4 is 17.6 Å². The van der Waals surface area contributed by atoms with Gasteiger partial charge in [-0.3, -0.25) is 4.79 Å². The molecule has 3 aromatic rings. The Hall–Kier alpha value is -3.61. The number of nitrogens with one attached hydrogen (secondary N) is 1. The van der Waals surface area contributed by atoms with Gasteiger partial charge in [-0.1, -0.05) is 37.3 Å². The molecule has 0 aliphatic carbocycles. The molecule has 1 N–H and O–H groups in total. The van der Waals surface area contributed by atoms with Crippen molar-refractivity contribution < 1.29 is 19.1 Å². The van der Waals surface area contributed by atoms with E-state index in [1.165, 1.54) is 24.3 Å². The lowest BCUT2D eigenvalue weighted by Crippen LogP contribution is -2.30. The minimum absolute atomic E-state index is 0.00306. The quantitative estimate of drug-likeness (QED) is 0.620. The number of ether oxygens (including phenoxy) is 2. The topological polar surface area (TPSA) is 82.5 Å². The first kappa shape index (κ1) is 20.1. The van der Waals surface area contributed by atoms with E-state index in [0.29, 0.717) is 5.69 Å². The van der Waals surface area contributed by atoms with Crippen molar-refractivity contribution in [2.24, 2.45) is 0 Å². The smallest absolute Gasteiger partial charge is 0.363 e. The van der Waals surface area contributed by atoms with Crippen molar-refractivity contribution in [2.75, 3.05) is 12.4 Å². The number of anilines is 1. The Bertz CT molecular complexity index is 981. The van der Waals surface area contributed by atoms with Crippen LogP contribution in [-0.2, 0) is 16.0 Å². The number of rotatable bonds is 7. The molecule has 0 bridgehead atoms. The summed E-state index contributed by atoms with van der Waals surface area (Å²) in [5.74, 6) is -0.897. The normalized spacial score (nSPS) is 11.6. The Morgan fingerprint density at radius 2 is 1.79 bits per heavy atom. The predicted molar refractivity (Wildman–Crippen MR) is 109 cm³/mol. The summed E-state index contributed by atoms with van der Waals surface area (Å²) in [4.78, 5) is 24.9. The fourth-order valence-corrected chi connectivity index (χ4v) is 2.70. The molecule has 29 heavy (non-hydrogen) atoms.